The number of methoxy groups -OCH3 is 1. The van der Waals surface area contributed by atoms with E-state index in [4.69, 9.17) is 4.74 Å². The Labute approximate surface area is 157 Å². The molecule has 1 heterocycles. The number of nitrogens with zero attached hydrogens (tertiary/aromatic N) is 1. The van der Waals surface area contributed by atoms with Gasteiger partial charge in [0, 0.05) is 31.4 Å². The first-order valence-electron chi connectivity index (χ1n) is 10.0. The Bertz CT molecular complexity index is 712. The molecule has 0 spiro atoms. The van der Waals surface area contributed by atoms with Gasteiger partial charge in [-0.15, -0.1) is 0 Å². The third-order valence-corrected chi connectivity index (χ3v) is 6.10. The largest absolute Gasteiger partial charge is 0.497 e. The molecule has 2 unspecified atom stereocenters. The van der Waals surface area contributed by atoms with E-state index in [1.807, 2.05) is 0 Å². The number of hydrogen-bond donors (Lipinski definition) is 1. The van der Waals surface area contributed by atoms with Crippen LogP contribution < -0.4 is 15.0 Å². The van der Waals surface area contributed by atoms with E-state index in [1.165, 1.54) is 37.8 Å². The monoisotopic (exact) mass is 350 g/mol. The number of aryl methyl sites for hydroxylation is 1. The first-order valence-corrected chi connectivity index (χ1v) is 10.0. The molecule has 0 radical (unpaired) electrons. The molecule has 0 saturated carbocycles. The molecular weight excluding hydrogens is 320 g/mol. The summed E-state index contributed by atoms with van der Waals surface area (Å²) in [7, 11) is 1.73. The van der Waals surface area contributed by atoms with Crippen LogP contribution in [0.1, 0.15) is 42.7 Å². The van der Waals surface area contributed by atoms with Crippen molar-refractivity contribution in [3.05, 3.63) is 59.7 Å². The predicted molar refractivity (Wildman–Crippen MR) is 108 cm³/mol. The minimum absolute atomic E-state index is 0.575. The zero-order chi connectivity index (χ0) is 17.8. The summed E-state index contributed by atoms with van der Waals surface area (Å²) in [5.74, 6) is 1.67. The highest BCUT2D eigenvalue weighted by Gasteiger charge is 2.25. The van der Waals surface area contributed by atoms with Crippen molar-refractivity contribution < 1.29 is 4.74 Å². The fourth-order valence-corrected chi connectivity index (χ4v) is 4.68. The van der Waals surface area contributed by atoms with E-state index in [9.17, 15) is 0 Å². The molecule has 3 heteroatoms. The molecule has 2 aromatic carbocycles. The first-order chi connectivity index (χ1) is 12.8. The minimum atomic E-state index is 0.575. The number of ether oxygens (including phenoxy) is 1. The van der Waals surface area contributed by atoms with Crippen LogP contribution >= 0.6 is 0 Å². The molecule has 1 fully saturated rings. The van der Waals surface area contributed by atoms with Crippen molar-refractivity contribution in [2.24, 2.45) is 0 Å². The van der Waals surface area contributed by atoms with Gasteiger partial charge in [-0.25, -0.2) is 0 Å². The van der Waals surface area contributed by atoms with Gasteiger partial charge in [0.25, 0.3) is 0 Å². The van der Waals surface area contributed by atoms with Gasteiger partial charge in [0.15, 0.2) is 0 Å². The molecule has 2 atom stereocenters. The molecule has 0 amide bonds. The van der Waals surface area contributed by atoms with Crippen molar-refractivity contribution in [3.63, 3.8) is 0 Å². The number of piperazine rings is 1. The Hall–Kier alpha value is -2.00. The predicted octanol–water partition coefficient (Wildman–Crippen LogP) is 4.37. The standard InChI is InChI=1S/C23H30N2O/c1-26-22-13-11-20(12-14-22)25-16-15-24-17-21(25)10-9-19-7-4-6-18-5-2-3-8-23(18)19/h2-3,5,8,11-14,19,21,24H,4,6-7,9-10,15-17H2,1H3. The number of rotatable bonds is 5. The molecular formula is C23H30N2O. The fourth-order valence-electron chi connectivity index (χ4n) is 4.68. The van der Waals surface area contributed by atoms with Crippen molar-refractivity contribution in [2.75, 3.05) is 31.6 Å². The summed E-state index contributed by atoms with van der Waals surface area (Å²) >= 11 is 0. The molecule has 1 aliphatic carbocycles. The van der Waals surface area contributed by atoms with E-state index in [0.717, 1.165) is 31.3 Å². The molecule has 3 nitrogen and oxygen atoms in total. The van der Waals surface area contributed by atoms with E-state index in [0.29, 0.717) is 6.04 Å². The molecule has 2 aliphatic rings. The lowest BCUT2D eigenvalue weighted by atomic mass is 9.80. The molecule has 1 saturated heterocycles. The zero-order valence-electron chi connectivity index (χ0n) is 15.8. The Morgan fingerprint density at radius 2 is 1.92 bits per heavy atom. The SMILES string of the molecule is COc1ccc(N2CCNCC2CCC2CCCc3ccccc32)cc1. The van der Waals surface area contributed by atoms with Crippen LogP contribution in [0.4, 0.5) is 5.69 Å². The first kappa shape index (κ1) is 17.4. The maximum atomic E-state index is 5.31. The number of nitrogens with one attached hydrogen (secondary N) is 1. The molecule has 1 aliphatic heterocycles. The number of anilines is 1. The number of benzene rings is 2. The van der Waals surface area contributed by atoms with Crippen molar-refractivity contribution in [1.82, 2.24) is 5.32 Å². The molecule has 0 aromatic heterocycles. The van der Waals surface area contributed by atoms with Crippen LogP contribution in [0.5, 0.6) is 5.75 Å². The molecule has 0 bridgehead atoms. The van der Waals surface area contributed by atoms with E-state index >= 15 is 0 Å². The second-order valence-corrected chi connectivity index (χ2v) is 7.61. The minimum Gasteiger partial charge on any atom is -0.497 e. The fraction of sp³-hybridized carbons (Fsp3) is 0.478. The van der Waals surface area contributed by atoms with Crippen LogP contribution in [0, 0.1) is 0 Å². The van der Waals surface area contributed by atoms with Gasteiger partial charge in [-0.3, -0.25) is 0 Å². The van der Waals surface area contributed by atoms with Gasteiger partial charge in [-0.05, 0) is 73.4 Å². The quantitative estimate of drug-likeness (QED) is 0.866. The second kappa shape index (κ2) is 8.13. The Morgan fingerprint density at radius 3 is 2.77 bits per heavy atom. The summed E-state index contributed by atoms with van der Waals surface area (Å²) in [5, 5.41) is 3.60. The Morgan fingerprint density at radius 1 is 1.08 bits per heavy atom. The maximum Gasteiger partial charge on any atom is 0.119 e. The number of fused-ring (bicyclic) bond motifs is 1. The molecule has 138 valence electrons. The number of hydrogen-bond acceptors (Lipinski definition) is 3. The van der Waals surface area contributed by atoms with E-state index in [1.54, 1.807) is 18.2 Å². The summed E-state index contributed by atoms with van der Waals surface area (Å²) < 4.78 is 5.31. The average Bonchev–Trinajstić information content (AvgIpc) is 2.72. The molecule has 1 N–H and O–H groups in total. The zero-order valence-corrected chi connectivity index (χ0v) is 15.8. The van der Waals surface area contributed by atoms with Gasteiger partial charge in [0.05, 0.1) is 7.11 Å². The highest BCUT2D eigenvalue weighted by Crippen LogP contribution is 2.35. The van der Waals surface area contributed by atoms with Crippen LogP contribution in [0.15, 0.2) is 48.5 Å². The van der Waals surface area contributed by atoms with Crippen molar-refractivity contribution >= 4 is 5.69 Å². The van der Waals surface area contributed by atoms with E-state index < -0.39 is 0 Å². The molecule has 26 heavy (non-hydrogen) atoms. The highest BCUT2D eigenvalue weighted by molar-refractivity contribution is 5.50. The van der Waals surface area contributed by atoms with Crippen LogP contribution in [-0.2, 0) is 6.42 Å². The lowest BCUT2D eigenvalue weighted by Crippen LogP contribution is -2.51. The Kier molecular flexibility index (Phi) is 5.45. The third kappa shape index (κ3) is 3.73. The van der Waals surface area contributed by atoms with Gasteiger partial charge in [-0.2, -0.15) is 0 Å². The highest BCUT2D eigenvalue weighted by atomic mass is 16.5. The summed E-state index contributed by atoms with van der Waals surface area (Å²) in [6.07, 6.45) is 6.48. The van der Waals surface area contributed by atoms with E-state index in [-0.39, 0.29) is 0 Å². The van der Waals surface area contributed by atoms with Crippen molar-refractivity contribution in [3.8, 4) is 5.75 Å². The lowest BCUT2D eigenvalue weighted by Gasteiger charge is -2.39. The summed E-state index contributed by atoms with van der Waals surface area (Å²) in [6, 6.07) is 18.2. The van der Waals surface area contributed by atoms with Gasteiger partial charge < -0.3 is 15.0 Å². The van der Waals surface area contributed by atoms with Crippen LogP contribution in [0.25, 0.3) is 0 Å². The van der Waals surface area contributed by atoms with Gasteiger partial charge in [-0.1, -0.05) is 24.3 Å². The van der Waals surface area contributed by atoms with Gasteiger partial charge in [0.1, 0.15) is 5.75 Å². The average molecular weight is 351 g/mol. The molecule has 4 rings (SSSR count). The van der Waals surface area contributed by atoms with Crippen molar-refractivity contribution in [2.45, 2.75) is 44.1 Å². The van der Waals surface area contributed by atoms with Crippen LogP contribution in [0.2, 0.25) is 0 Å². The van der Waals surface area contributed by atoms with Gasteiger partial charge in [0.2, 0.25) is 0 Å². The summed E-state index contributed by atoms with van der Waals surface area (Å²) in [6.45, 7) is 3.23. The van der Waals surface area contributed by atoms with Crippen LogP contribution in [0.3, 0.4) is 0 Å². The second-order valence-electron chi connectivity index (χ2n) is 7.61. The summed E-state index contributed by atoms with van der Waals surface area (Å²) in [5.41, 5.74) is 4.51. The topological polar surface area (TPSA) is 24.5 Å². The Balaban J connectivity index is 1.44. The smallest absolute Gasteiger partial charge is 0.119 e. The van der Waals surface area contributed by atoms with Crippen LogP contribution in [-0.4, -0.2) is 32.8 Å². The van der Waals surface area contributed by atoms with Crippen molar-refractivity contribution in [1.29, 1.82) is 0 Å². The third-order valence-electron chi connectivity index (χ3n) is 6.10. The summed E-state index contributed by atoms with van der Waals surface area (Å²) in [4.78, 5) is 2.59. The van der Waals surface area contributed by atoms with E-state index in [2.05, 4.69) is 58.7 Å². The molecule has 2 aromatic rings. The van der Waals surface area contributed by atoms with Gasteiger partial charge >= 0.3 is 0 Å². The lowest BCUT2D eigenvalue weighted by molar-refractivity contribution is 0.409. The normalized spacial score (nSPS) is 22.7. The maximum absolute atomic E-state index is 5.31.